The van der Waals surface area contributed by atoms with Crippen LogP contribution < -0.4 is 5.73 Å². The lowest BCUT2D eigenvalue weighted by atomic mass is 10.3. The molecule has 0 aliphatic carbocycles. The van der Waals surface area contributed by atoms with Crippen LogP contribution in [0.1, 0.15) is 5.01 Å². The molecule has 0 fully saturated rings. The van der Waals surface area contributed by atoms with Crippen LogP contribution in [0.5, 0.6) is 0 Å². The van der Waals surface area contributed by atoms with Crippen molar-refractivity contribution in [2.45, 2.75) is 6.54 Å². The molecule has 0 aliphatic rings. The van der Waals surface area contributed by atoms with Crippen LogP contribution in [0, 0.1) is 11.6 Å². The van der Waals surface area contributed by atoms with Crippen LogP contribution in [-0.2, 0) is 6.54 Å². The average molecular weight is 266 g/mol. The Kier molecular flexibility index (Phi) is 2.57. The van der Waals surface area contributed by atoms with E-state index in [-0.39, 0.29) is 0 Å². The van der Waals surface area contributed by atoms with Gasteiger partial charge in [0.2, 0.25) is 0 Å². The molecule has 2 heterocycles. The third kappa shape index (κ3) is 1.77. The van der Waals surface area contributed by atoms with Crippen LogP contribution >= 0.6 is 11.3 Å². The molecule has 7 heteroatoms. The van der Waals surface area contributed by atoms with Crippen molar-refractivity contribution in [2.75, 3.05) is 0 Å². The van der Waals surface area contributed by atoms with Crippen LogP contribution in [0.3, 0.4) is 0 Å². The first-order valence-electron chi connectivity index (χ1n) is 5.17. The summed E-state index contributed by atoms with van der Waals surface area (Å²) in [5.41, 5.74) is 6.90. The number of nitrogens with one attached hydrogen (secondary N) is 1. The number of rotatable bonds is 2. The zero-order valence-corrected chi connectivity index (χ0v) is 9.89. The zero-order chi connectivity index (χ0) is 12.7. The van der Waals surface area contributed by atoms with Crippen LogP contribution in [-0.4, -0.2) is 15.0 Å². The Balaban J connectivity index is 2.13. The molecule has 0 saturated carbocycles. The van der Waals surface area contributed by atoms with Crippen LogP contribution in [0.4, 0.5) is 8.78 Å². The molecule has 0 atom stereocenters. The first-order valence-corrected chi connectivity index (χ1v) is 6.05. The fourth-order valence-electron chi connectivity index (χ4n) is 1.64. The van der Waals surface area contributed by atoms with Gasteiger partial charge in [0.1, 0.15) is 10.7 Å². The van der Waals surface area contributed by atoms with Gasteiger partial charge in [0, 0.05) is 24.1 Å². The maximum Gasteiger partial charge on any atom is 0.161 e. The molecule has 0 spiro atoms. The minimum Gasteiger partial charge on any atom is -0.337 e. The number of hydrogen-bond donors (Lipinski definition) is 2. The van der Waals surface area contributed by atoms with Gasteiger partial charge in [-0.2, -0.15) is 0 Å². The number of imidazole rings is 1. The summed E-state index contributed by atoms with van der Waals surface area (Å²) in [4.78, 5) is 11.3. The van der Waals surface area contributed by atoms with Gasteiger partial charge in [0.05, 0.1) is 11.0 Å². The highest BCUT2D eigenvalue weighted by molar-refractivity contribution is 7.09. The molecule has 4 nitrogen and oxygen atoms in total. The second-order valence-electron chi connectivity index (χ2n) is 3.70. The van der Waals surface area contributed by atoms with Crippen molar-refractivity contribution >= 4 is 22.4 Å². The summed E-state index contributed by atoms with van der Waals surface area (Å²) < 4.78 is 26.1. The molecular formula is C11H8F2N4S. The van der Waals surface area contributed by atoms with Crippen molar-refractivity contribution in [2.24, 2.45) is 5.73 Å². The fraction of sp³-hybridized carbons (Fsp3) is 0.0909. The molecule has 1 aromatic carbocycles. The Labute approximate surface area is 104 Å². The van der Waals surface area contributed by atoms with E-state index < -0.39 is 11.6 Å². The van der Waals surface area contributed by atoms with E-state index >= 15 is 0 Å². The lowest BCUT2D eigenvalue weighted by Crippen LogP contribution is -1.94. The molecular weight excluding hydrogens is 258 g/mol. The van der Waals surface area contributed by atoms with E-state index in [1.165, 1.54) is 11.3 Å². The van der Waals surface area contributed by atoms with Gasteiger partial charge in [-0.25, -0.2) is 18.7 Å². The maximum absolute atomic E-state index is 13.1. The lowest BCUT2D eigenvalue weighted by molar-refractivity contribution is 0.510. The average Bonchev–Trinajstić information content (AvgIpc) is 2.95. The van der Waals surface area contributed by atoms with Crippen LogP contribution in [0.15, 0.2) is 17.5 Å². The Morgan fingerprint density at radius 1 is 1.22 bits per heavy atom. The van der Waals surface area contributed by atoms with Gasteiger partial charge in [-0.1, -0.05) is 0 Å². The summed E-state index contributed by atoms with van der Waals surface area (Å²) in [6.45, 7) is 0.355. The highest BCUT2D eigenvalue weighted by atomic mass is 32.1. The van der Waals surface area contributed by atoms with Gasteiger partial charge < -0.3 is 10.7 Å². The molecule has 3 aromatic rings. The Bertz CT molecular complexity index is 680. The Hall–Kier alpha value is -1.86. The number of benzene rings is 1. The van der Waals surface area contributed by atoms with Gasteiger partial charge in [0.25, 0.3) is 0 Å². The third-order valence-electron chi connectivity index (χ3n) is 2.49. The SMILES string of the molecule is NCc1nc(-c2nc3cc(F)c(F)cc3[nH]2)cs1. The first-order chi connectivity index (χ1) is 8.67. The Morgan fingerprint density at radius 2 is 2.00 bits per heavy atom. The predicted octanol–water partition coefficient (Wildman–Crippen LogP) is 2.42. The van der Waals surface area contributed by atoms with E-state index in [2.05, 4.69) is 15.0 Å². The third-order valence-corrected chi connectivity index (χ3v) is 3.36. The summed E-state index contributed by atoms with van der Waals surface area (Å²) in [7, 11) is 0. The van der Waals surface area contributed by atoms with Gasteiger partial charge in [0.15, 0.2) is 17.5 Å². The summed E-state index contributed by atoms with van der Waals surface area (Å²) in [6.07, 6.45) is 0. The van der Waals surface area contributed by atoms with Crippen LogP contribution in [0.2, 0.25) is 0 Å². The second kappa shape index (κ2) is 4.11. The summed E-state index contributed by atoms with van der Waals surface area (Å²) in [5, 5.41) is 2.58. The molecule has 3 rings (SSSR count). The molecule has 3 N–H and O–H groups in total. The van der Waals surface area contributed by atoms with Gasteiger partial charge in [-0.05, 0) is 0 Å². The van der Waals surface area contributed by atoms with E-state index in [1.54, 1.807) is 5.38 Å². The van der Waals surface area contributed by atoms with E-state index in [0.717, 1.165) is 17.1 Å². The largest absolute Gasteiger partial charge is 0.337 e. The van der Waals surface area contributed by atoms with E-state index in [1.807, 2.05) is 0 Å². The number of fused-ring (bicyclic) bond motifs is 1. The highest BCUT2D eigenvalue weighted by Crippen LogP contribution is 2.23. The van der Waals surface area contributed by atoms with E-state index in [4.69, 9.17) is 5.73 Å². The first kappa shape index (κ1) is 11.2. The summed E-state index contributed by atoms with van der Waals surface area (Å²) >= 11 is 1.42. The molecule has 0 amide bonds. The van der Waals surface area contributed by atoms with Gasteiger partial charge in [-0.15, -0.1) is 11.3 Å². The van der Waals surface area contributed by atoms with E-state index in [0.29, 0.717) is 29.1 Å². The normalized spacial score (nSPS) is 11.3. The standard InChI is InChI=1S/C11H8F2N4S/c12-5-1-7-8(2-6(5)13)17-11(16-7)9-4-18-10(3-14)15-9/h1-2,4H,3,14H2,(H,16,17). The second-order valence-corrected chi connectivity index (χ2v) is 4.64. The highest BCUT2D eigenvalue weighted by Gasteiger charge is 2.11. The number of nitrogens with two attached hydrogens (primary N) is 1. The quantitative estimate of drug-likeness (QED) is 0.748. The number of thiazole rings is 1. The minimum absolute atomic E-state index is 0.355. The number of aromatic nitrogens is 3. The molecule has 92 valence electrons. The number of halogens is 2. The van der Waals surface area contributed by atoms with Crippen molar-refractivity contribution in [3.63, 3.8) is 0 Å². The van der Waals surface area contributed by atoms with Crippen molar-refractivity contribution in [3.05, 3.63) is 34.2 Å². The number of H-pyrrole nitrogens is 1. The molecule has 0 aliphatic heterocycles. The van der Waals surface area contributed by atoms with E-state index in [9.17, 15) is 8.78 Å². The summed E-state index contributed by atoms with van der Waals surface area (Å²) in [5.74, 6) is -1.34. The predicted molar refractivity (Wildman–Crippen MR) is 65.0 cm³/mol. The lowest BCUT2D eigenvalue weighted by Gasteiger charge is -1.90. The summed E-state index contributed by atoms with van der Waals surface area (Å²) in [6, 6.07) is 2.14. The van der Waals surface area contributed by atoms with Crippen molar-refractivity contribution in [1.82, 2.24) is 15.0 Å². The minimum atomic E-state index is -0.915. The molecule has 0 bridgehead atoms. The molecule has 0 saturated heterocycles. The van der Waals surface area contributed by atoms with Crippen molar-refractivity contribution in [3.8, 4) is 11.5 Å². The fourth-order valence-corrected chi connectivity index (χ4v) is 2.30. The molecule has 0 radical (unpaired) electrons. The topological polar surface area (TPSA) is 67.6 Å². The molecule has 18 heavy (non-hydrogen) atoms. The molecule has 2 aromatic heterocycles. The number of nitrogens with zero attached hydrogens (tertiary/aromatic N) is 2. The monoisotopic (exact) mass is 266 g/mol. The van der Waals surface area contributed by atoms with Crippen molar-refractivity contribution < 1.29 is 8.78 Å². The zero-order valence-electron chi connectivity index (χ0n) is 9.08. The maximum atomic E-state index is 13.1. The van der Waals surface area contributed by atoms with Crippen LogP contribution in [0.25, 0.3) is 22.6 Å². The Morgan fingerprint density at radius 3 is 2.72 bits per heavy atom. The van der Waals surface area contributed by atoms with Crippen molar-refractivity contribution in [1.29, 1.82) is 0 Å². The number of aromatic amines is 1. The number of hydrogen-bond acceptors (Lipinski definition) is 4. The van der Waals surface area contributed by atoms with Gasteiger partial charge in [-0.3, -0.25) is 0 Å². The van der Waals surface area contributed by atoms with Gasteiger partial charge >= 0.3 is 0 Å². The smallest absolute Gasteiger partial charge is 0.161 e. The molecule has 0 unspecified atom stereocenters.